The first kappa shape index (κ1) is 15.0. The molecule has 1 atom stereocenters. The van der Waals surface area contributed by atoms with E-state index < -0.39 is 6.10 Å². The van der Waals surface area contributed by atoms with Crippen molar-refractivity contribution in [1.29, 1.82) is 0 Å². The number of hydrogen-bond donors (Lipinski definition) is 2. The summed E-state index contributed by atoms with van der Waals surface area (Å²) in [4.78, 5) is 17.6. The molecule has 2 rings (SSSR count). The Labute approximate surface area is 123 Å². The third-order valence-corrected chi connectivity index (χ3v) is 2.90. The molecule has 7 nitrogen and oxygen atoms in total. The number of amides is 2. The fraction of sp³-hybridized carbons (Fsp3) is 0.357. The summed E-state index contributed by atoms with van der Waals surface area (Å²) in [5.74, 6) is 0.681. The Hall–Kier alpha value is -2.41. The highest BCUT2D eigenvalue weighted by Gasteiger charge is 2.12. The predicted octanol–water partition coefficient (Wildman–Crippen LogP) is 0.789. The molecule has 0 radical (unpaired) electrons. The molecule has 7 heteroatoms. The second-order valence-electron chi connectivity index (χ2n) is 4.83. The van der Waals surface area contributed by atoms with E-state index in [-0.39, 0.29) is 12.6 Å². The molecule has 112 valence electrons. The van der Waals surface area contributed by atoms with Crippen LogP contribution in [0.3, 0.4) is 0 Å². The number of pyridine rings is 1. The van der Waals surface area contributed by atoms with Crippen LogP contribution in [0.1, 0.15) is 12.5 Å². The van der Waals surface area contributed by atoms with Gasteiger partial charge in [-0.1, -0.05) is 6.07 Å². The van der Waals surface area contributed by atoms with Crippen LogP contribution in [0.2, 0.25) is 0 Å². The average Bonchev–Trinajstić information content (AvgIpc) is 2.98. The summed E-state index contributed by atoms with van der Waals surface area (Å²) in [5.41, 5.74) is 0.861. The zero-order valence-electron chi connectivity index (χ0n) is 12.1. The van der Waals surface area contributed by atoms with E-state index in [1.54, 1.807) is 37.2 Å². The lowest BCUT2D eigenvalue weighted by molar-refractivity contribution is 0.143. The number of urea groups is 1. The van der Waals surface area contributed by atoms with Crippen LogP contribution < -0.4 is 5.32 Å². The van der Waals surface area contributed by atoms with Gasteiger partial charge in [0.1, 0.15) is 0 Å². The maximum absolute atomic E-state index is 11.9. The minimum absolute atomic E-state index is 0.244. The van der Waals surface area contributed by atoms with E-state index in [2.05, 4.69) is 15.4 Å². The fourth-order valence-corrected chi connectivity index (χ4v) is 1.95. The minimum Gasteiger partial charge on any atom is -0.392 e. The Bertz CT molecular complexity index is 583. The van der Waals surface area contributed by atoms with Crippen LogP contribution in [-0.2, 0) is 6.54 Å². The molecular formula is C14H19N5O2. The largest absolute Gasteiger partial charge is 0.392 e. The maximum atomic E-state index is 11.9. The fourth-order valence-electron chi connectivity index (χ4n) is 1.95. The molecule has 0 fully saturated rings. The van der Waals surface area contributed by atoms with Crippen molar-refractivity contribution in [2.75, 3.05) is 13.6 Å². The third kappa shape index (κ3) is 4.03. The van der Waals surface area contributed by atoms with Crippen molar-refractivity contribution in [2.45, 2.75) is 19.6 Å². The highest BCUT2D eigenvalue weighted by molar-refractivity contribution is 5.73. The lowest BCUT2D eigenvalue weighted by atomic mass is 10.2. The first-order valence-electron chi connectivity index (χ1n) is 6.69. The Morgan fingerprint density at radius 1 is 1.48 bits per heavy atom. The van der Waals surface area contributed by atoms with Gasteiger partial charge in [0.2, 0.25) is 0 Å². The number of aliphatic hydroxyl groups excluding tert-OH is 1. The van der Waals surface area contributed by atoms with Crippen LogP contribution in [0.5, 0.6) is 0 Å². The van der Waals surface area contributed by atoms with E-state index in [0.717, 1.165) is 5.56 Å². The molecule has 0 aliphatic rings. The summed E-state index contributed by atoms with van der Waals surface area (Å²) in [5, 5.41) is 16.2. The molecule has 0 saturated carbocycles. The molecular weight excluding hydrogens is 270 g/mol. The van der Waals surface area contributed by atoms with Crippen molar-refractivity contribution in [2.24, 2.45) is 0 Å². The molecule has 2 heterocycles. The van der Waals surface area contributed by atoms with Crippen molar-refractivity contribution >= 4 is 6.03 Å². The van der Waals surface area contributed by atoms with E-state index in [1.165, 1.54) is 4.90 Å². The summed E-state index contributed by atoms with van der Waals surface area (Å²) in [6.45, 7) is 2.26. The topological polar surface area (TPSA) is 83.3 Å². The van der Waals surface area contributed by atoms with Crippen LogP contribution in [0.4, 0.5) is 4.79 Å². The van der Waals surface area contributed by atoms with E-state index >= 15 is 0 Å². The van der Waals surface area contributed by atoms with Gasteiger partial charge in [0, 0.05) is 44.3 Å². The highest BCUT2D eigenvalue weighted by atomic mass is 16.3. The number of hydrogen-bond acceptors (Lipinski definition) is 4. The second-order valence-corrected chi connectivity index (χ2v) is 4.83. The van der Waals surface area contributed by atoms with Crippen molar-refractivity contribution < 1.29 is 9.90 Å². The van der Waals surface area contributed by atoms with E-state index in [4.69, 9.17) is 0 Å². The number of carbonyl (C=O) groups excluding carboxylic acids is 1. The Morgan fingerprint density at radius 3 is 2.95 bits per heavy atom. The van der Waals surface area contributed by atoms with Crippen molar-refractivity contribution in [1.82, 2.24) is 25.0 Å². The van der Waals surface area contributed by atoms with Gasteiger partial charge in [-0.2, -0.15) is 5.10 Å². The van der Waals surface area contributed by atoms with Crippen LogP contribution in [0.15, 0.2) is 36.8 Å². The number of likely N-dealkylation sites (N-methyl/N-ethyl adjacent to an activating group) is 1. The van der Waals surface area contributed by atoms with Crippen molar-refractivity contribution in [3.63, 3.8) is 0 Å². The molecule has 0 aromatic carbocycles. The number of aromatic nitrogens is 3. The van der Waals surface area contributed by atoms with E-state index in [1.807, 2.05) is 18.2 Å². The first-order chi connectivity index (χ1) is 10.1. The summed E-state index contributed by atoms with van der Waals surface area (Å²) < 4.78 is 1.65. The molecule has 2 amide bonds. The van der Waals surface area contributed by atoms with E-state index in [0.29, 0.717) is 12.4 Å². The van der Waals surface area contributed by atoms with Crippen molar-refractivity contribution in [3.05, 3.63) is 42.4 Å². The maximum Gasteiger partial charge on any atom is 0.317 e. The number of carbonyl (C=O) groups is 1. The third-order valence-electron chi connectivity index (χ3n) is 2.90. The van der Waals surface area contributed by atoms with E-state index in [9.17, 15) is 9.90 Å². The lowest BCUT2D eigenvalue weighted by Crippen LogP contribution is -2.40. The zero-order chi connectivity index (χ0) is 15.2. The first-order valence-corrected chi connectivity index (χ1v) is 6.69. The number of rotatable bonds is 5. The molecule has 2 N–H and O–H groups in total. The number of nitrogens with zero attached hydrogens (tertiary/aromatic N) is 4. The van der Waals surface area contributed by atoms with Gasteiger partial charge in [-0.3, -0.25) is 0 Å². The molecule has 2 aromatic heterocycles. The summed E-state index contributed by atoms with van der Waals surface area (Å²) >= 11 is 0. The molecule has 1 unspecified atom stereocenters. The van der Waals surface area contributed by atoms with Crippen LogP contribution in [0.25, 0.3) is 5.82 Å². The number of nitrogens with one attached hydrogen (secondary N) is 1. The monoisotopic (exact) mass is 289 g/mol. The molecule has 0 bridgehead atoms. The van der Waals surface area contributed by atoms with Gasteiger partial charge in [-0.05, 0) is 19.1 Å². The second kappa shape index (κ2) is 6.85. The number of aliphatic hydroxyl groups is 1. The van der Waals surface area contributed by atoms with Crippen LogP contribution in [0, 0.1) is 0 Å². The molecule has 0 aliphatic carbocycles. The van der Waals surface area contributed by atoms with Crippen LogP contribution in [-0.4, -0.2) is 50.5 Å². The molecule has 21 heavy (non-hydrogen) atoms. The normalized spacial score (nSPS) is 12.0. The standard InChI is InChI=1S/C14H19N5O2/c1-11(20)10-18(2)14(21)16-9-12-5-3-6-15-13(12)19-8-4-7-17-19/h3-8,11,20H,9-10H2,1-2H3,(H,16,21). The molecule has 0 aliphatic heterocycles. The Morgan fingerprint density at radius 2 is 2.29 bits per heavy atom. The smallest absolute Gasteiger partial charge is 0.317 e. The van der Waals surface area contributed by atoms with Crippen molar-refractivity contribution in [3.8, 4) is 5.82 Å². The Kier molecular flexibility index (Phi) is 4.89. The zero-order valence-corrected chi connectivity index (χ0v) is 12.1. The van der Waals surface area contributed by atoms with Gasteiger partial charge >= 0.3 is 6.03 Å². The van der Waals surface area contributed by atoms with Gasteiger partial charge in [-0.25, -0.2) is 14.5 Å². The van der Waals surface area contributed by atoms with Crippen LogP contribution >= 0.6 is 0 Å². The summed E-state index contributed by atoms with van der Waals surface area (Å²) in [6.07, 6.45) is 4.60. The predicted molar refractivity (Wildman–Crippen MR) is 77.9 cm³/mol. The van der Waals surface area contributed by atoms with Gasteiger partial charge in [0.25, 0.3) is 0 Å². The molecule has 0 saturated heterocycles. The molecule has 0 spiro atoms. The quantitative estimate of drug-likeness (QED) is 0.852. The molecule has 2 aromatic rings. The van der Waals surface area contributed by atoms with Gasteiger partial charge in [0.15, 0.2) is 5.82 Å². The lowest BCUT2D eigenvalue weighted by Gasteiger charge is -2.19. The Balaban J connectivity index is 2.02. The average molecular weight is 289 g/mol. The SMILES string of the molecule is CC(O)CN(C)C(=O)NCc1cccnc1-n1cccn1. The van der Waals surface area contributed by atoms with Gasteiger partial charge < -0.3 is 15.3 Å². The van der Waals surface area contributed by atoms with Gasteiger partial charge in [0.05, 0.1) is 6.10 Å². The summed E-state index contributed by atoms with van der Waals surface area (Å²) in [6, 6.07) is 5.27. The van der Waals surface area contributed by atoms with Gasteiger partial charge in [-0.15, -0.1) is 0 Å². The summed E-state index contributed by atoms with van der Waals surface area (Å²) in [7, 11) is 1.64. The highest BCUT2D eigenvalue weighted by Crippen LogP contribution is 2.09. The minimum atomic E-state index is -0.557.